The van der Waals surface area contributed by atoms with Gasteiger partial charge in [-0.2, -0.15) is 0 Å². The molecule has 0 saturated heterocycles. The second-order valence-electron chi connectivity index (χ2n) is 2.25. The largest absolute Gasteiger partial charge is 0.428 e. The Hall–Kier alpha value is -0.960. The van der Waals surface area contributed by atoms with E-state index in [4.69, 9.17) is 0 Å². The van der Waals surface area contributed by atoms with Gasteiger partial charge in [0.15, 0.2) is 6.29 Å². The third kappa shape index (κ3) is 1.74. The number of aryl methyl sites for hydroxylation is 1. The molecule has 0 aliphatic carbocycles. The lowest BCUT2D eigenvalue weighted by Gasteiger charge is -2.01. The van der Waals surface area contributed by atoms with Crippen LogP contribution in [-0.4, -0.2) is 6.29 Å². The van der Waals surface area contributed by atoms with Gasteiger partial charge in [-0.15, -0.1) is 0 Å². The molecule has 0 spiro atoms. The van der Waals surface area contributed by atoms with Crippen molar-refractivity contribution in [1.82, 2.24) is 0 Å². The van der Waals surface area contributed by atoms with E-state index < -0.39 is 0 Å². The fraction of sp³-hybridized carbons (Fsp3) is 0.125. The second-order valence-corrected chi connectivity index (χ2v) is 2.43. The Balaban J connectivity index is 3.16. The predicted molar refractivity (Wildman–Crippen MR) is 46.2 cm³/mol. The highest BCUT2D eigenvalue weighted by atomic mass is 32.1. The quantitative estimate of drug-likeness (QED) is 0.415. The number of hydrogen-bond acceptors (Lipinski definition) is 3. The van der Waals surface area contributed by atoms with Crippen molar-refractivity contribution in [3.05, 3.63) is 29.3 Å². The van der Waals surface area contributed by atoms with Gasteiger partial charge >= 0.3 is 0 Å². The summed E-state index contributed by atoms with van der Waals surface area (Å²) in [6, 6.07) is 5.32. The predicted octanol–water partition coefficient (Wildman–Crippen LogP) is 2.03. The summed E-state index contributed by atoms with van der Waals surface area (Å²) in [6.07, 6.45) is 0.749. The molecule has 0 atom stereocenters. The van der Waals surface area contributed by atoms with Crippen LogP contribution in [0.15, 0.2) is 18.2 Å². The summed E-state index contributed by atoms with van der Waals surface area (Å²) in [5.74, 6) is 0.494. The number of carbonyl (C=O) groups excluding carboxylic acids is 1. The lowest BCUT2D eigenvalue weighted by molar-refractivity contribution is 0.112. The van der Waals surface area contributed by atoms with E-state index in [2.05, 4.69) is 17.1 Å². The molecule has 0 heterocycles. The zero-order valence-corrected chi connectivity index (χ0v) is 6.97. The first-order valence-electron chi connectivity index (χ1n) is 3.15. The monoisotopic (exact) mass is 168 g/mol. The molecule has 58 valence electrons. The van der Waals surface area contributed by atoms with Crippen LogP contribution in [0.1, 0.15) is 15.9 Å². The van der Waals surface area contributed by atoms with E-state index in [0.29, 0.717) is 11.3 Å². The first-order chi connectivity index (χ1) is 5.27. The zero-order valence-electron chi connectivity index (χ0n) is 6.07. The Kier molecular flexibility index (Phi) is 2.54. The summed E-state index contributed by atoms with van der Waals surface area (Å²) in [4.78, 5) is 10.4. The maximum absolute atomic E-state index is 10.4. The minimum Gasteiger partial charge on any atom is -0.428 e. The molecule has 0 fully saturated rings. The van der Waals surface area contributed by atoms with E-state index in [1.165, 1.54) is 0 Å². The van der Waals surface area contributed by atoms with Crippen molar-refractivity contribution in [1.29, 1.82) is 0 Å². The van der Waals surface area contributed by atoms with Crippen LogP contribution in [0.3, 0.4) is 0 Å². The Morgan fingerprint density at radius 3 is 2.82 bits per heavy atom. The zero-order chi connectivity index (χ0) is 8.27. The van der Waals surface area contributed by atoms with Gasteiger partial charge in [0, 0.05) is 12.9 Å². The van der Waals surface area contributed by atoms with Crippen molar-refractivity contribution in [2.75, 3.05) is 0 Å². The number of hydrogen-bond donors (Lipinski definition) is 1. The van der Waals surface area contributed by atoms with E-state index >= 15 is 0 Å². The molecule has 1 aromatic rings. The molecule has 2 nitrogen and oxygen atoms in total. The molecule has 3 heteroatoms. The lowest BCUT2D eigenvalue weighted by Crippen LogP contribution is -1.86. The van der Waals surface area contributed by atoms with Crippen LogP contribution in [0.5, 0.6) is 5.75 Å². The van der Waals surface area contributed by atoms with Gasteiger partial charge < -0.3 is 4.18 Å². The van der Waals surface area contributed by atoms with Gasteiger partial charge in [0.2, 0.25) is 0 Å². The highest BCUT2D eigenvalue weighted by Gasteiger charge is 2.00. The summed E-state index contributed by atoms with van der Waals surface area (Å²) in [5.41, 5.74) is 1.56. The maximum Gasteiger partial charge on any atom is 0.153 e. The summed E-state index contributed by atoms with van der Waals surface area (Å²) in [5, 5.41) is 0. The van der Waals surface area contributed by atoms with Gasteiger partial charge in [-0.1, -0.05) is 11.6 Å². The van der Waals surface area contributed by atoms with Crippen molar-refractivity contribution in [3.8, 4) is 5.75 Å². The number of carbonyl (C=O) groups is 1. The summed E-state index contributed by atoms with van der Waals surface area (Å²) >= 11 is 3.61. The van der Waals surface area contributed by atoms with Gasteiger partial charge in [-0.05, 0) is 19.1 Å². The molecule has 0 saturated carbocycles. The normalized spacial score (nSPS) is 9.27. The van der Waals surface area contributed by atoms with Gasteiger partial charge in [0.25, 0.3) is 0 Å². The van der Waals surface area contributed by atoms with Crippen LogP contribution >= 0.6 is 12.9 Å². The molecule has 0 amide bonds. The smallest absolute Gasteiger partial charge is 0.153 e. The van der Waals surface area contributed by atoms with Gasteiger partial charge in [-0.3, -0.25) is 4.79 Å². The molecule has 0 N–H and O–H groups in total. The van der Waals surface area contributed by atoms with Gasteiger partial charge in [-0.25, -0.2) is 0 Å². The van der Waals surface area contributed by atoms with Crippen LogP contribution < -0.4 is 4.18 Å². The average Bonchev–Trinajstić information content (AvgIpc) is 2.04. The SMILES string of the molecule is Cc1ccc(OS)c(C=O)c1. The van der Waals surface area contributed by atoms with Crippen LogP contribution in [0, 0.1) is 6.92 Å². The van der Waals surface area contributed by atoms with Crippen LogP contribution in [0.25, 0.3) is 0 Å². The highest BCUT2D eigenvalue weighted by Crippen LogP contribution is 2.18. The molecule has 11 heavy (non-hydrogen) atoms. The van der Waals surface area contributed by atoms with Crippen LogP contribution in [0.2, 0.25) is 0 Å². The fourth-order valence-corrected chi connectivity index (χ4v) is 1.01. The molecular weight excluding hydrogens is 160 g/mol. The Morgan fingerprint density at radius 2 is 2.27 bits per heavy atom. The Morgan fingerprint density at radius 1 is 1.55 bits per heavy atom. The maximum atomic E-state index is 10.4. The van der Waals surface area contributed by atoms with Crippen molar-refractivity contribution >= 4 is 19.2 Å². The van der Waals surface area contributed by atoms with Crippen molar-refractivity contribution in [2.45, 2.75) is 6.92 Å². The third-order valence-corrected chi connectivity index (χ3v) is 1.59. The minimum atomic E-state index is 0.494. The average molecular weight is 168 g/mol. The van der Waals surface area contributed by atoms with Crippen molar-refractivity contribution < 1.29 is 8.98 Å². The van der Waals surface area contributed by atoms with Crippen molar-refractivity contribution in [3.63, 3.8) is 0 Å². The van der Waals surface area contributed by atoms with Crippen LogP contribution in [-0.2, 0) is 0 Å². The molecule has 1 rings (SSSR count). The first-order valence-corrected chi connectivity index (χ1v) is 3.51. The van der Waals surface area contributed by atoms with E-state index in [1.54, 1.807) is 12.1 Å². The van der Waals surface area contributed by atoms with Gasteiger partial charge in [0.1, 0.15) is 5.75 Å². The topological polar surface area (TPSA) is 26.3 Å². The Bertz CT molecular complexity index is 271. The third-order valence-electron chi connectivity index (χ3n) is 1.39. The van der Waals surface area contributed by atoms with E-state index in [-0.39, 0.29) is 0 Å². The fourth-order valence-electron chi connectivity index (χ4n) is 0.843. The number of thiol groups is 1. The van der Waals surface area contributed by atoms with E-state index in [1.807, 2.05) is 13.0 Å². The molecule has 1 aromatic carbocycles. The summed E-state index contributed by atoms with van der Waals surface area (Å²) < 4.78 is 4.65. The Labute approximate surface area is 70.8 Å². The molecule has 0 radical (unpaired) electrons. The first kappa shape index (κ1) is 8.14. The van der Waals surface area contributed by atoms with E-state index in [0.717, 1.165) is 11.8 Å². The van der Waals surface area contributed by atoms with Crippen molar-refractivity contribution in [2.24, 2.45) is 0 Å². The summed E-state index contributed by atoms with van der Waals surface area (Å²) in [7, 11) is 0. The second kappa shape index (κ2) is 3.44. The molecule has 0 aliphatic rings. The standard InChI is InChI=1S/C8H8O2S/c1-6-2-3-8(10-11)7(4-6)5-9/h2-5,11H,1H3. The molecule has 0 bridgehead atoms. The lowest BCUT2D eigenvalue weighted by atomic mass is 10.1. The molecular formula is C8H8O2S. The molecule has 0 aliphatic heterocycles. The van der Waals surface area contributed by atoms with E-state index in [9.17, 15) is 4.79 Å². The molecule has 0 aromatic heterocycles. The van der Waals surface area contributed by atoms with Crippen LogP contribution in [0.4, 0.5) is 0 Å². The summed E-state index contributed by atoms with van der Waals surface area (Å²) in [6.45, 7) is 1.91. The number of rotatable bonds is 2. The molecule has 0 unspecified atom stereocenters. The van der Waals surface area contributed by atoms with Gasteiger partial charge in [0.05, 0.1) is 5.56 Å². The number of aldehydes is 1. The number of benzene rings is 1. The highest BCUT2D eigenvalue weighted by molar-refractivity contribution is 7.75. The minimum absolute atomic E-state index is 0.494.